The molecule has 2 N–H and O–H groups in total. The van der Waals surface area contributed by atoms with E-state index in [4.69, 9.17) is 9.47 Å². The van der Waals surface area contributed by atoms with E-state index in [1.165, 1.54) is 13.3 Å². The molecule has 0 aromatic carbocycles. The Morgan fingerprint density at radius 1 is 1.50 bits per heavy atom. The number of nitrogens with one attached hydrogen (secondary N) is 2. The lowest BCUT2D eigenvalue weighted by Crippen LogP contribution is -2.34. The second kappa shape index (κ2) is 7.81. The summed E-state index contributed by atoms with van der Waals surface area (Å²) in [5.41, 5.74) is 0.490. The van der Waals surface area contributed by atoms with Crippen molar-refractivity contribution in [1.82, 2.24) is 15.6 Å². The van der Waals surface area contributed by atoms with Crippen molar-refractivity contribution in [2.24, 2.45) is 0 Å². The first-order valence-electron chi connectivity index (χ1n) is 6.90. The highest BCUT2D eigenvalue weighted by atomic mass is 16.5. The fraction of sp³-hybridized carbons (Fsp3) is 0.571. The Morgan fingerprint density at radius 3 is 3.05 bits per heavy atom. The summed E-state index contributed by atoms with van der Waals surface area (Å²) in [4.78, 5) is 15.9. The average Bonchev–Trinajstić information content (AvgIpc) is 2.52. The molecule has 6 nitrogen and oxygen atoms in total. The van der Waals surface area contributed by atoms with Gasteiger partial charge >= 0.3 is 0 Å². The molecule has 0 spiro atoms. The summed E-state index contributed by atoms with van der Waals surface area (Å²) in [7, 11) is 1.52. The summed E-state index contributed by atoms with van der Waals surface area (Å²) in [6, 6.07) is 1.64. The van der Waals surface area contributed by atoms with Gasteiger partial charge in [0.1, 0.15) is 5.75 Å². The van der Waals surface area contributed by atoms with Crippen molar-refractivity contribution >= 4 is 5.91 Å². The molecule has 2 rings (SSSR count). The molecule has 1 aromatic rings. The van der Waals surface area contributed by atoms with Crippen molar-refractivity contribution in [3.05, 3.63) is 24.0 Å². The Morgan fingerprint density at radius 2 is 2.30 bits per heavy atom. The number of hydrogen-bond acceptors (Lipinski definition) is 5. The van der Waals surface area contributed by atoms with Crippen LogP contribution >= 0.6 is 0 Å². The number of rotatable bonds is 6. The summed E-state index contributed by atoms with van der Waals surface area (Å²) in [6.07, 6.45) is 5.48. The van der Waals surface area contributed by atoms with Crippen molar-refractivity contribution in [3.8, 4) is 5.75 Å². The minimum Gasteiger partial charge on any atom is -0.494 e. The van der Waals surface area contributed by atoms with Gasteiger partial charge in [0.2, 0.25) is 0 Å². The number of ether oxygens (including phenoxy) is 2. The monoisotopic (exact) mass is 279 g/mol. The topological polar surface area (TPSA) is 72.5 Å². The number of nitrogens with zero attached hydrogens (tertiary/aromatic N) is 1. The van der Waals surface area contributed by atoms with Gasteiger partial charge < -0.3 is 20.1 Å². The van der Waals surface area contributed by atoms with Gasteiger partial charge in [-0.15, -0.1) is 0 Å². The number of methoxy groups -OCH3 is 1. The number of hydrogen-bond donors (Lipinski definition) is 2. The number of carbonyl (C=O) groups is 1. The van der Waals surface area contributed by atoms with E-state index in [9.17, 15) is 4.79 Å². The van der Waals surface area contributed by atoms with E-state index in [0.717, 1.165) is 25.9 Å². The Labute approximate surface area is 118 Å². The van der Waals surface area contributed by atoms with Crippen molar-refractivity contribution in [2.45, 2.75) is 18.9 Å². The molecular weight excluding hydrogens is 258 g/mol. The van der Waals surface area contributed by atoms with Gasteiger partial charge in [-0.1, -0.05) is 0 Å². The van der Waals surface area contributed by atoms with Crippen molar-refractivity contribution < 1.29 is 14.3 Å². The Kier molecular flexibility index (Phi) is 5.76. The van der Waals surface area contributed by atoms with Crippen LogP contribution in [0.5, 0.6) is 5.75 Å². The molecule has 0 unspecified atom stereocenters. The molecule has 1 saturated heterocycles. The van der Waals surface area contributed by atoms with Crippen LogP contribution in [0.4, 0.5) is 0 Å². The lowest BCUT2D eigenvalue weighted by atomic mass is 10.1. The van der Waals surface area contributed by atoms with Gasteiger partial charge in [-0.25, -0.2) is 0 Å². The quantitative estimate of drug-likeness (QED) is 0.746. The molecule has 0 aliphatic carbocycles. The maximum absolute atomic E-state index is 12.0. The Balaban J connectivity index is 1.72. The largest absolute Gasteiger partial charge is 0.494 e. The second-order valence-corrected chi connectivity index (χ2v) is 4.65. The van der Waals surface area contributed by atoms with Crippen LogP contribution in [-0.2, 0) is 4.74 Å². The third-order valence-corrected chi connectivity index (χ3v) is 3.28. The molecule has 0 radical (unpaired) electrons. The molecule has 6 heteroatoms. The van der Waals surface area contributed by atoms with E-state index >= 15 is 0 Å². The van der Waals surface area contributed by atoms with Crippen LogP contribution in [0.3, 0.4) is 0 Å². The van der Waals surface area contributed by atoms with Crippen molar-refractivity contribution in [1.29, 1.82) is 0 Å². The van der Waals surface area contributed by atoms with Gasteiger partial charge in [0.15, 0.2) is 0 Å². The number of amides is 1. The van der Waals surface area contributed by atoms with Gasteiger partial charge in [0, 0.05) is 12.7 Å². The molecular formula is C14H21N3O3. The Hall–Kier alpha value is -1.66. The van der Waals surface area contributed by atoms with Gasteiger partial charge in [-0.3, -0.25) is 9.78 Å². The van der Waals surface area contributed by atoms with Crippen LogP contribution < -0.4 is 15.4 Å². The highest BCUT2D eigenvalue weighted by Crippen LogP contribution is 2.15. The number of carbonyl (C=O) groups excluding carboxylic acids is 1. The zero-order chi connectivity index (χ0) is 14.2. The van der Waals surface area contributed by atoms with Crippen LogP contribution in [0.15, 0.2) is 18.5 Å². The van der Waals surface area contributed by atoms with Crippen LogP contribution in [0.1, 0.15) is 23.2 Å². The molecule has 0 bridgehead atoms. The van der Waals surface area contributed by atoms with Crippen molar-refractivity contribution in [2.75, 3.05) is 33.4 Å². The maximum atomic E-state index is 12.0. The summed E-state index contributed by atoms with van der Waals surface area (Å²) in [5.74, 6) is 0.308. The van der Waals surface area contributed by atoms with E-state index in [2.05, 4.69) is 15.6 Å². The van der Waals surface area contributed by atoms with E-state index in [-0.39, 0.29) is 5.91 Å². The summed E-state index contributed by atoms with van der Waals surface area (Å²) >= 11 is 0. The maximum Gasteiger partial charge on any atom is 0.255 e. The van der Waals surface area contributed by atoms with Gasteiger partial charge in [-0.05, 0) is 32.0 Å². The molecule has 0 atom stereocenters. The molecule has 1 aliphatic heterocycles. The van der Waals surface area contributed by atoms with Crippen LogP contribution in [0.25, 0.3) is 0 Å². The molecule has 1 fully saturated rings. The molecule has 1 aliphatic rings. The predicted octanol–water partition coefficient (Wildman–Crippen LogP) is 0.589. The summed E-state index contributed by atoms with van der Waals surface area (Å²) in [5, 5.41) is 6.11. The minimum absolute atomic E-state index is 0.168. The first-order chi connectivity index (χ1) is 9.81. The molecule has 2 heterocycles. The summed E-state index contributed by atoms with van der Waals surface area (Å²) in [6.45, 7) is 3.04. The normalized spacial score (nSPS) is 15.8. The number of piperidine rings is 1. The number of pyridine rings is 1. The lowest BCUT2D eigenvalue weighted by Gasteiger charge is -2.22. The van der Waals surface area contributed by atoms with E-state index in [1.54, 1.807) is 12.3 Å². The first kappa shape index (κ1) is 14.7. The Bertz CT molecular complexity index is 433. The second-order valence-electron chi connectivity index (χ2n) is 4.65. The van der Waals surface area contributed by atoms with Gasteiger partial charge in [-0.2, -0.15) is 0 Å². The van der Waals surface area contributed by atoms with E-state index < -0.39 is 0 Å². The molecule has 1 aromatic heterocycles. The highest BCUT2D eigenvalue weighted by Gasteiger charge is 2.14. The number of aromatic nitrogens is 1. The fourth-order valence-corrected chi connectivity index (χ4v) is 2.18. The smallest absolute Gasteiger partial charge is 0.255 e. The fourth-order valence-electron chi connectivity index (χ4n) is 2.18. The van der Waals surface area contributed by atoms with Crippen LogP contribution in [0, 0.1) is 0 Å². The van der Waals surface area contributed by atoms with Crippen LogP contribution in [-0.4, -0.2) is 50.3 Å². The lowest BCUT2D eigenvalue weighted by molar-refractivity contribution is 0.0343. The highest BCUT2D eigenvalue weighted by molar-refractivity contribution is 5.96. The zero-order valence-electron chi connectivity index (χ0n) is 11.7. The SMILES string of the molecule is COc1cnccc1C(=O)NCCOC1CCNCC1. The van der Waals surface area contributed by atoms with Crippen molar-refractivity contribution in [3.63, 3.8) is 0 Å². The summed E-state index contributed by atoms with van der Waals surface area (Å²) < 4.78 is 10.8. The standard InChI is InChI=1S/C14H21N3O3/c1-19-13-10-16-7-4-12(13)14(18)17-8-9-20-11-2-5-15-6-3-11/h4,7,10-11,15H,2-3,5-6,8-9H2,1H3,(H,17,18). The van der Waals surface area contributed by atoms with E-state index in [0.29, 0.717) is 30.6 Å². The van der Waals surface area contributed by atoms with Gasteiger partial charge in [0.25, 0.3) is 5.91 Å². The predicted molar refractivity (Wildman–Crippen MR) is 75.0 cm³/mol. The third-order valence-electron chi connectivity index (χ3n) is 3.28. The molecule has 20 heavy (non-hydrogen) atoms. The third kappa shape index (κ3) is 4.18. The molecule has 1 amide bonds. The molecule has 0 saturated carbocycles. The first-order valence-corrected chi connectivity index (χ1v) is 6.90. The van der Waals surface area contributed by atoms with Crippen LogP contribution in [0.2, 0.25) is 0 Å². The van der Waals surface area contributed by atoms with Gasteiger partial charge in [0.05, 0.1) is 31.6 Å². The average molecular weight is 279 g/mol. The van der Waals surface area contributed by atoms with E-state index in [1.807, 2.05) is 0 Å². The minimum atomic E-state index is -0.168. The zero-order valence-corrected chi connectivity index (χ0v) is 11.7. The molecule has 110 valence electrons.